The van der Waals surface area contributed by atoms with Gasteiger partial charge in [-0.3, -0.25) is 0 Å². The lowest BCUT2D eigenvalue weighted by Crippen LogP contribution is -2.18. The van der Waals surface area contributed by atoms with E-state index in [1.807, 2.05) is 26.0 Å². The van der Waals surface area contributed by atoms with E-state index < -0.39 is 5.60 Å². The number of nitrogens with zero attached hydrogens (tertiary/aromatic N) is 1. The number of aliphatic hydroxyl groups is 1. The Morgan fingerprint density at radius 2 is 1.87 bits per heavy atom. The van der Waals surface area contributed by atoms with Crippen molar-refractivity contribution < 1.29 is 5.11 Å². The van der Waals surface area contributed by atoms with Crippen LogP contribution in [0.25, 0.3) is 22.1 Å². The van der Waals surface area contributed by atoms with Crippen LogP contribution in [-0.2, 0) is 6.42 Å². The first kappa shape index (κ1) is 15.8. The first-order valence-electron chi connectivity index (χ1n) is 8.13. The number of rotatable bonds is 6. The third-order valence-electron chi connectivity index (χ3n) is 4.19. The molecule has 0 aliphatic carbocycles. The molecule has 0 fully saturated rings. The minimum absolute atomic E-state index is 0.201. The second-order valence-electron chi connectivity index (χ2n) is 7.19. The highest BCUT2D eigenvalue weighted by atomic mass is 16.3. The number of fused-ring (bicyclic) bond motifs is 2. The molecule has 0 saturated heterocycles. The minimum atomic E-state index is -0.586. The molecule has 0 aliphatic heterocycles. The van der Waals surface area contributed by atoms with E-state index in [4.69, 9.17) is 0 Å². The number of benzene rings is 1. The van der Waals surface area contributed by atoms with Crippen molar-refractivity contribution in [2.24, 2.45) is 5.92 Å². The van der Waals surface area contributed by atoms with E-state index in [-0.39, 0.29) is 5.69 Å². The number of aromatic nitrogens is 4. The molecule has 3 aromatic rings. The van der Waals surface area contributed by atoms with Crippen molar-refractivity contribution in [2.45, 2.75) is 52.1 Å². The predicted octanol–water partition coefficient (Wildman–Crippen LogP) is 2.85. The van der Waals surface area contributed by atoms with Crippen molar-refractivity contribution in [3.05, 3.63) is 28.4 Å². The Bertz CT molecular complexity index is 812. The summed E-state index contributed by atoms with van der Waals surface area (Å²) in [5.74, 6) is 1.47. The van der Waals surface area contributed by atoms with Gasteiger partial charge in [0.1, 0.15) is 5.82 Å². The van der Waals surface area contributed by atoms with Gasteiger partial charge in [0, 0.05) is 6.42 Å². The Morgan fingerprint density at radius 1 is 1.17 bits per heavy atom. The van der Waals surface area contributed by atoms with Crippen LogP contribution in [0.15, 0.2) is 16.9 Å². The molecule has 124 valence electrons. The number of hydrogen-bond donors (Lipinski definition) is 4. The van der Waals surface area contributed by atoms with Crippen LogP contribution < -0.4 is 5.69 Å². The second kappa shape index (κ2) is 5.85. The van der Waals surface area contributed by atoms with Gasteiger partial charge in [-0.25, -0.2) is 9.78 Å². The fraction of sp³-hybridized carbons (Fsp3) is 0.529. The van der Waals surface area contributed by atoms with Crippen molar-refractivity contribution in [3.63, 3.8) is 0 Å². The molecule has 6 heteroatoms. The van der Waals surface area contributed by atoms with Crippen molar-refractivity contribution >= 4 is 22.1 Å². The van der Waals surface area contributed by atoms with E-state index >= 15 is 0 Å². The van der Waals surface area contributed by atoms with Crippen LogP contribution in [0.5, 0.6) is 0 Å². The van der Waals surface area contributed by atoms with Gasteiger partial charge in [0.2, 0.25) is 0 Å². The molecule has 0 spiro atoms. The van der Waals surface area contributed by atoms with Crippen LogP contribution in [0.4, 0.5) is 0 Å². The summed E-state index contributed by atoms with van der Waals surface area (Å²) in [7, 11) is 0. The van der Waals surface area contributed by atoms with Crippen molar-refractivity contribution in [1.82, 2.24) is 19.9 Å². The summed E-state index contributed by atoms with van der Waals surface area (Å²) < 4.78 is 0. The van der Waals surface area contributed by atoms with Gasteiger partial charge in [-0.05, 0) is 38.3 Å². The molecular weight excluding hydrogens is 292 g/mol. The lowest BCUT2D eigenvalue weighted by molar-refractivity contribution is 0.0670. The Kier molecular flexibility index (Phi) is 4.02. The largest absolute Gasteiger partial charge is 0.390 e. The van der Waals surface area contributed by atoms with Gasteiger partial charge in [0.15, 0.2) is 0 Å². The first-order valence-corrected chi connectivity index (χ1v) is 8.13. The van der Waals surface area contributed by atoms with Crippen molar-refractivity contribution in [1.29, 1.82) is 0 Å². The standard InChI is InChI=1S/C17H24N4O2/c1-10(5-4-6-17(2,3)23)7-15-18-11-8-13-14(9-12(11)19-15)21-16(22)20-13/h8-10,23H,4-7H2,1-3H3,(H,18,19)(H2,20,21,22)/t10-/m0/s1. The average molecular weight is 316 g/mol. The number of aromatic amines is 3. The lowest BCUT2D eigenvalue weighted by atomic mass is 9.95. The third kappa shape index (κ3) is 3.82. The molecule has 2 aromatic heterocycles. The van der Waals surface area contributed by atoms with E-state index in [0.29, 0.717) is 5.92 Å². The van der Waals surface area contributed by atoms with Crippen molar-refractivity contribution in [3.8, 4) is 0 Å². The van der Waals surface area contributed by atoms with Gasteiger partial charge in [-0.15, -0.1) is 0 Å². The number of imidazole rings is 2. The molecule has 23 heavy (non-hydrogen) atoms. The Balaban J connectivity index is 1.69. The zero-order valence-corrected chi connectivity index (χ0v) is 13.9. The molecule has 0 bridgehead atoms. The third-order valence-corrected chi connectivity index (χ3v) is 4.19. The normalized spacial score (nSPS) is 13.9. The van der Waals surface area contributed by atoms with E-state index in [2.05, 4.69) is 26.9 Å². The van der Waals surface area contributed by atoms with Crippen LogP contribution in [-0.4, -0.2) is 30.6 Å². The number of H-pyrrole nitrogens is 3. The molecule has 0 saturated carbocycles. The Morgan fingerprint density at radius 3 is 2.57 bits per heavy atom. The molecule has 4 N–H and O–H groups in total. The topological polar surface area (TPSA) is 97.6 Å². The maximum absolute atomic E-state index is 11.3. The quantitative estimate of drug-likeness (QED) is 0.563. The van der Waals surface area contributed by atoms with E-state index in [1.165, 1.54) is 0 Å². The molecule has 0 amide bonds. The molecule has 1 aromatic carbocycles. The molecule has 0 aliphatic rings. The zero-order chi connectivity index (χ0) is 16.6. The minimum Gasteiger partial charge on any atom is -0.390 e. The summed E-state index contributed by atoms with van der Waals surface area (Å²) in [6.07, 6.45) is 3.77. The molecule has 6 nitrogen and oxygen atoms in total. The summed E-state index contributed by atoms with van der Waals surface area (Å²) in [6, 6.07) is 3.81. The van der Waals surface area contributed by atoms with Gasteiger partial charge in [-0.1, -0.05) is 19.8 Å². The molecular formula is C17H24N4O2. The maximum atomic E-state index is 11.3. The summed E-state index contributed by atoms with van der Waals surface area (Å²) in [6.45, 7) is 5.91. The highest BCUT2D eigenvalue weighted by Crippen LogP contribution is 2.21. The fourth-order valence-corrected chi connectivity index (χ4v) is 3.00. The summed E-state index contributed by atoms with van der Waals surface area (Å²) in [5, 5.41) is 9.76. The van der Waals surface area contributed by atoms with Gasteiger partial charge in [0.25, 0.3) is 0 Å². The van der Waals surface area contributed by atoms with E-state index in [9.17, 15) is 9.90 Å². The number of nitrogens with one attached hydrogen (secondary N) is 3. The van der Waals surface area contributed by atoms with Crippen LogP contribution in [0.3, 0.4) is 0 Å². The fourth-order valence-electron chi connectivity index (χ4n) is 3.00. The summed E-state index contributed by atoms with van der Waals surface area (Å²) >= 11 is 0. The highest BCUT2D eigenvalue weighted by Gasteiger charge is 2.14. The first-order chi connectivity index (χ1) is 10.8. The summed E-state index contributed by atoms with van der Waals surface area (Å²) in [4.78, 5) is 24.8. The molecule has 3 rings (SSSR count). The SMILES string of the molecule is C[C@@H](CCCC(C)(C)O)Cc1nc2cc3[nH]c(=O)[nH]c3cc2[nH]1. The van der Waals surface area contributed by atoms with Crippen LogP contribution in [0.2, 0.25) is 0 Å². The summed E-state index contributed by atoms with van der Waals surface area (Å²) in [5.41, 5.74) is 2.58. The average Bonchev–Trinajstić information content (AvgIpc) is 2.94. The molecule has 2 heterocycles. The highest BCUT2D eigenvalue weighted by molar-refractivity contribution is 5.91. The van der Waals surface area contributed by atoms with E-state index in [1.54, 1.807) is 0 Å². The number of hydrogen-bond acceptors (Lipinski definition) is 3. The lowest BCUT2D eigenvalue weighted by Gasteiger charge is -2.18. The maximum Gasteiger partial charge on any atom is 0.323 e. The second-order valence-corrected chi connectivity index (χ2v) is 7.19. The molecule has 0 unspecified atom stereocenters. The van der Waals surface area contributed by atoms with Crippen LogP contribution in [0.1, 0.15) is 45.9 Å². The van der Waals surface area contributed by atoms with Crippen LogP contribution >= 0.6 is 0 Å². The predicted molar refractivity (Wildman–Crippen MR) is 91.6 cm³/mol. The van der Waals surface area contributed by atoms with Crippen molar-refractivity contribution in [2.75, 3.05) is 0 Å². The Hall–Kier alpha value is -2.08. The molecule has 0 radical (unpaired) electrons. The monoisotopic (exact) mass is 316 g/mol. The van der Waals surface area contributed by atoms with Gasteiger partial charge >= 0.3 is 5.69 Å². The van der Waals surface area contributed by atoms with Gasteiger partial charge in [-0.2, -0.15) is 0 Å². The van der Waals surface area contributed by atoms with Gasteiger partial charge in [0.05, 0.1) is 27.7 Å². The van der Waals surface area contributed by atoms with Gasteiger partial charge < -0.3 is 20.1 Å². The molecule has 1 atom stereocenters. The smallest absolute Gasteiger partial charge is 0.323 e. The zero-order valence-electron chi connectivity index (χ0n) is 13.9. The van der Waals surface area contributed by atoms with E-state index in [0.717, 1.165) is 53.6 Å². The van der Waals surface area contributed by atoms with Crippen LogP contribution in [0, 0.1) is 5.92 Å². The Labute approximate surface area is 134 Å².